The summed E-state index contributed by atoms with van der Waals surface area (Å²) in [4.78, 5) is 12.8. The average molecular weight is 429 g/mol. The van der Waals surface area contributed by atoms with E-state index in [0.717, 1.165) is 10.4 Å². The zero-order valence-corrected chi connectivity index (χ0v) is 17.1. The van der Waals surface area contributed by atoms with E-state index in [9.17, 15) is 13.2 Å². The van der Waals surface area contributed by atoms with Gasteiger partial charge in [0.25, 0.3) is 10.0 Å². The van der Waals surface area contributed by atoms with Gasteiger partial charge in [-0.1, -0.05) is 23.7 Å². The Morgan fingerprint density at radius 3 is 2.74 bits per heavy atom. The molecule has 1 amide bonds. The number of nitrogens with one attached hydrogen (secondary N) is 1. The van der Waals surface area contributed by atoms with Gasteiger partial charge in [-0.15, -0.1) is 11.3 Å². The number of carbonyl (C=O) groups is 1. The van der Waals surface area contributed by atoms with Gasteiger partial charge in [0.15, 0.2) is 0 Å². The average Bonchev–Trinajstić information content (AvgIpc) is 3.15. The van der Waals surface area contributed by atoms with Crippen LogP contribution in [0.1, 0.15) is 16.9 Å². The summed E-state index contributed by atoms with van der Waals surface area (Å²) in [6.45, 7) is 1.89. The van der Waals surface area contributed by atoms with Gasteiger partial charge >= 0.3 is 0 Å². The van der Waals surface area contributed by atoms with Crippen molar-refractivity contribution < 1.29 is 17.9 Å². The molecule has 1 aromatic heterocycles. The van der Waals surface area contributed by atoms with E-state index in [0.29, 0.717) is 54.9 Å². The second-order valence-electron chi connectivity index (χ2n) is 6.14. The highest BCUT2D eigenvalue weighted by atomic mass is 35.5. The zero-order chi connectivity index (χ0) is 19.3. The third-order valence-electron chi connectivity index (χ3n) is 4.19. The van der Waals surface area contributed by atoms with Crippen molar-refractivity contribution in [3.05, 3.63) is 51.9 Å². The fourth-order valence-electron chi connectivity index (χ4n) is 2.73. The lowest BCUT2D eigenvalue weighted by Crippen LogP contribution is -2.40. The van der Waals surface area contributed by atoms with Gasteiger partial charge in [0, 0.05) is 29.4 Å². The van der Waals surface area contributed by atoms with E-state index in [1.54, 1.807) is 18.2 Å². The van der Waals surface area contributed by atoms with Gasteiger partial charge in [0.05, 0.1) is 19.8 Å². The number of thiophene rings is 1. The zero-order valence-electron chi connectivity index (χ0n) is 14.7. The Bertz CT molecular complexity index is 892. The molecule has 0 aliphatic carbocycles. The predicted molar refractivity (Wildman–Crippen MR) is 106 cm³/mol. The number of halogens is 1. The quantitative estimate of drug-likeness (QED) is 0.735. The van der Waals surface area contributed by atoms with Crippen LogP contribution in [0.15, 0.2) is 40.6 Å². The topological polar surface area (TPSA) is 75.7 Å². The van der Waals surface area contributed by atoms with Crippen LogP contribution in [-0.2, 0) is 32.5 Å². The molecule has 0 saturated carbocycles. The molecule has 0 bridgehead atoms. The number of benzene rings is 1. The molecule has 3 rings (SSSR count). The standard InChI is InChI=1S/C18H21ClN2O4S2/c19-15-3-1-2-14(12-15)4-6-17(22)20-13-16-5-7-18(26-16)27(23,24)21-8-10-25-11-9-21/h1-3,5,7,12H,4,6,8-11,13H2,(H,20,22). The molecule has 2 aromatic rings. The molecule has 0 spiro atoms. The van der Waals surface area contributed by atoms with Gasteiger partial charge in [-0.05, 0) is 36.2 Å². The molecule has 1 aromatic carbocycles. The molecule has 1 aliphatic heterocycles. The smallest absolute Gasteiger partial charge is 0.252 e. The van der Waals surface area contributed by atoms with Gasteiger partial charge in [-0.2, -0.15) is 4.31 Å². The van der Waals surface area contributed by atoms with Crippen molar-refractivity contribution in [3.63, 3.8) is 0 Å². The summed E-state index contributed by atoms with van der Waals surface area (Å²) in [6, 6.07) is 10.8. The molecule has 2 heterocycles. The Kier molecular flexibility index (Phi) is 6.88. The van der Waals surface area contributed by atoms with Crippen LogP contribution in [0.4, 0.5) is 0 Å². The third kappa shape index (κ3) is 5.52. The van der Waals surface area contributed by atoms with Crippen LogP contribution in [0, 0.1) is 0 Å². The number of hydrogen-bond acceptors (Lipinski definition) is 5. The molecule has 0 unspecified atom stereocenters. The van der Waals surface area contributed by atoms with Gasteiger partial charge in [0.1, 0.15) is 4.21 Å². The normalized spacial score (nSPS) is 15.6. The molecule has 146 valence electrons. The molecule has 1 aliphatic rings. The Labute approximate surface area is 168 Å². The van der Waals surface area contributed by atoms with Gasteiger partial charge in [-0.25, -0.2) is 8.42 Å². The summed E-state index contributed by atoms with van der Waals surface area (Å²) in [6.07, 6.45) is 0.956. The first-order valence-corrected chi connectivity index (χ1v) is 11.3. The maximum Gasteiger partial charge on any atom is 0.252 e. The van der Waals surface area contributed by atoms with E-state index in [-0.39, 0.29) is 5.91 Å². The maximum atomic E-state index is 12.6. The number of nitrogens with zero attached hydrogens (tertiary/aromatic N) is 1. The molecular formula is C18H21ClN2O4S2. The fraction of sp³-hybridized carbons (Fsp3) is 0.389. The number of aryl methyl sites for hydroxylation is 1. The molecule has 0 atom stereocenters. The number of morpholine rings is 1. The number of rotatable bonds is 7. The van der Waals surface area contributed by atoms with Crippen molar-refractivity contribution in [2.24, 2.45) is 0 Å². The summed E-state index contributed by atoms with van der Waals surface area (Å²) in [5, 5.41) is 3.49. The second kappa shape index (κ2) is 9.16. The maximum absolute atomic E-state index is 12.6. The van der Waals surface area contributed by atoms with E-state index in [1.165, 1.54) is 15.6 Å². The molecule has 9 heteroatoms. The Morgan fingerprint density at radius 1 is 1.22 bits per heavy atom. The highest BCUT2D eigenvalue weighted by Crippen LogP contribution is 2.25. The Balaban J connectivity index is 1.51. The van der Waals surface area contributed by atoms with Crippen LogP contribution in [0.2, 0.25) is 5.02 Å². The van der Waals surface area contributed by atoms with Crippen LogP contribution < -0.4 is 5.32 Å². The van der Waals surface area contributed by atoms with Crippen molar-refractivity contribution in [1.29, 1.82) is 0 Å². The van der Waals surface area contributed by atoms with Crippen LogP contribution in [0.3, 0.4) is 0 Å². The van der Waals surface area contributed by atoms with Crippen molar-refractivity contribution >= 4 is 38.9 Å². The first-order chi connectivity index (χ1) is 12.9. The van der Waals surface area contributed by atoms with E-state index in [4.69, 9.17) is 16.3 Å². The minimum absolute atomic E-state index is 0.0824. The molecule has 0 radical (unpaired) electrons. The van der Waals surface area contributed by atoms with E-state index >= 15 is 0 Å². The summed E-state index contributed by atoms with van der Waals surface area (Å²) < 4.78 is 32.2. The molecule has 6 nitrogen and oxygen atoms in total. The van der Waals surface area contributed by atoms with Crippen LogP contribution in [-0.4, -0.2) is 44.9 Å². The summed E-state index contributed by atoms with van der Waals surface area (Å²) in [7, 11) is -3.48. The molecule has 27 heavy (non-hydrogen) atoms. The second-order valence-corrected chi connectivity index (χ2v) is 9.91. The minimum atomic E-state index is -3.48. The molecule has 1 fully saturated rings. The number of ether oxygens (including phenoxy) is 1. The van der Waals surface area contributed by atoms with Crippen LogP contribution in [0.25, 0.3) is 0 Å². The van der Waals surface area contributed by atoms with Crippen molar-refractivity contribution in [3.8, 4) is 0 Å². The lowest BCUT2D eigenvalue weighted by molar-refractivity contribution is -0.121. The van der Waals surface area contributed by atoms with Crippen molar-refractivity contribution in [2.75, 3.05) is 26.3 Å². The molecular weight excluding hydrogens is 408 g/mol. The molecule has 1 saturated heterocycles. The summed E-state index contributed by atoms with van der Waals surface area (Å²) in [5.41, 5.74) is 1.01. The van der Waals surface area contributed by atoms with Crippen molar-refractivity contribution in [1.82, 2.24) is 9.62 Å². The van der Waals surface area contributed by atoms with Crippen LogP contribution >= 0.6 is 22.9 Å². The van der Waals surface area contributed by atoms with E-state index < -0.39 is 10.0 Å². The first-order valence-electron chi connectivity index (χ1n) is 8.63. The number of sulfonamides is 1. The lowest BCUT2D eigenvalue weighted by atomic mass is 10.1. The van der Waals surface area contributed by atoms with Gasteiger partial charge < -0.3 is 10.1 Å². The SMILES string of the molecule is O=C(CCc1cccc(Cl)c1)NCc1ccc(S(=O)(=O)N2CCOCC2)s1. The summed E-state index contributed by atoms with van der Waals surface area (Å²) in [5.74, 6) is -0.0824. The summed E-state index contributed by atoms with van der Waals surface area (Å²) >= 11 is 7.13. The third-order valence-corrected chi connectivity index (χ3v) is 7.88. The minimum Gasteiger partial charge on any atom is -0.379 e. The Hall–Kier alpha value is -1.45. The van der Waals surface area contributed by atoms with E-state index in [1.807, 2.05) is 18.2 Å². The lowest BCUT2D eigenvalue weighted by Gasteiger charge is -2.25. The number of carbonyl (C=O) groups excluding carboxylic acids is 1. The van der Waals surface area contributed by atoms with Crippen molar-refractivity contribution in [2.45, 2.75) is 23.6 Å². The highest BCUT2D eigenvalue weighted by Gasteiger charge is 2.27. The van der Waals surface area contributed by atoms with Gasteiger partial charge in [-0.3, -0.25) is 4.79 Å². The number of amides is 1. The monoisotopic (exact) mass is 428 g/mol. The first kappa shape index (κ1) is 20.3. The largest absolute Gasteiger partial charge is 0.379 e. The van der Waals surface area contributed by atoms with Gasteiger partial charge in [0.2, 0.25) is 5.91 Å². The highest BCUT2D eigenvalue weighted by molar-refractivity contribution is 7.91. The Morgan fingerprint density at radius 2 is 2.00 bits per heavy atom. The molecule has 1 N–H and O–H groups in total. The predicted octanol–water partition coefficient (Wildman–Crippen LogP) is 2.67. The fourth-order valence-corrected chi connectivity index (χ4v) is 5.80. The van der Waals surface area contributed by atoms with Crippen LogP contribution in [0.5, 0.6) is 0 Å². The number of hydrogen-bond donors (Lipinski definition) is 1. The van der Waals surface area contributed by atoms with E-state index in [2.05, 4.69) is 5.32 Å².